The van der Waals surface area contributed by atoms with Gasteiger partial charge in [-0.25, -0.2) is 0 Å². The van der Waals surface area contributed by atoms with Gasteiger partial charge in [-0.3, -0.25) is 9.59 Å². The molecule has 1 saturated heterocycles. The van der Waals surface area contributed by atoms with Gasteiger partial charge in [-0.2, -0.15) is 11.8 Å². The summed E-state index contributed by atoms with van der Waals surface area (Å²) in [5, 5.41) is 2.87. The maximum Gasteiger partial charge on any atom is 0.245 e. The van der Waals surface area contributed by atoms with Crippen LogP contribution in [0.25, 0.3) is 0 Å². The van der Waals surface area contributed by atoms with Crippen molar-refractivity contribution in [1.29, 1.82) is 0 Å². The van der Waals surface area contributed by atoms with Crippen LogP contribution in [0, 0.1) is 0 Å². The molecule has 114 valence electrons. The van der Waals surface area contributed by atoms with E-state index in [9.17, 15) is 9.59 Å². The van der Waals surface area contributed by atoms with E-state index in [1.807, 2.05) is 48.4 Å². The molecule has 1 aromatic carbocycles. The van der Waals surface area contributed by atoms with Crippen molar-refractivity contribution in [2.24, 2.45) is 0 Å². The first-order chi connectivity index (χ1) is 10.1. The molecule has 0 aliphatic carbocycles. The second kappa shape index (κ2) is 7.50. The van der Waals surface area contributed by atoms with Crippen molar-refractivity contribution in [3.05, 3.63) is 35.9 Å². The van der Waals surface area contributed by atoms with E-state index in [0.717, 1.165) is 11.3 Å². The van der Waals surface area contributed by atoms with Gasteiger partial charge in [-0.1, -0.05) is 30.3 Å². The lowest BCUT2D eigenvalue weighted by Crippen LogP contribution is -2.49. The largest absolute Gasteiger partial charge is 0.344 e. The maximum absolute atomic E-state index is 12.7. The van der Waals surface area contributed by atoms with E-state index in [4.69, 9.17) is 0 Å². The van der Waals surface area contributed by atoms with Crippen molar-refractivity contribution in [3.8, 4) is 0 Å². The molecule has 1 aliphatic rings. The van der Waals surface area contributed by atoms with Gasteiger partial charge in [0.1, 0.15) is 6.04 Å². The lowest BCUT2D eigenvalue weighted by atomic mass is 10.0. The molecule has 1 N–H and O–H groups in total. The third-order valence-electron chi connectivity index (χ3n) is 3.72. The predicted octanol–water partition coefficient (Wildman–Crippen LogP) is 1.70. The molecule has 0 saturated carbocycles. The Labute approximate surface area is 130 Å². The molecule has 0 aromatic heterocycles. The van der Waals surface area contributed by atoms with E-state index in [2.05, 4.69) is 5.32 Å². The van der Waals surface area contributed by atoms with Crippen molar-refractivity contribution in [3.63, 3.8) is 0 Å². The Kier molecular flexibility index (Phi) is 5.67. The van der Waals surface area contributed by atoms with Crippen LogP contribution in [0.4, 0.5) is 0 Å². The molecule has 0 radical (unpaired) electrons. The Morgan fingerprint density at radius 1 is 1.33 bits per heavy atom. The van der Waals surface area contributed by atoms with Gasteiger partial charge >= 0.3 is 0 Å². The summed E-state index contributed by atoms with van der Waals surface area (Å²) in [7, 11) is 0. The van der Waals surface area contributed by atoms with Crippen LogP contribution in [-0.2, 0) is 16.0 Å². The van der Waals surface area contributed by atoms with E-state index in [1.54, 1.807) is 11.8 Å². The van der Waals surface area contributed by atoms with Gasteiger partial charge in [-0.15, -0.1) is 0 Å². The van der Waals surface area contributed by atoms with Crippen LogP contribution < -0.4 is 5.32 Å². The molecule has 21 heavy (non-hydrogen) atoms. The Balaban J connectivity index is 2.14. The predicted molar refractivity (Wildman–Crippen MR) is 86.3 cm³/mol. The molecule has 5 heteroatoms. The summed E-state index contributed by atoms with van der Waals surface area (Å²) in [6, 6.07) is 9.52. The maximum atomic E-state index is 12.7. The number of nitrogens with one attached hydrogen (secondary N) is 1. The standard InChI is InChI=1S/C16H22N2O2S/c1-12(11-21-2)18-9-8-15(19)17-14(16(18)20)10-13-6-4-3-5-7-13/h3-7,12,14H,8-11H2,1-2H3,(H,17,19). The molecule has 0 bridgehead atoms. The number of hydrogen-bond donors (Lipinski definition) is 1. The van der Waals surface area contributed by atoms with Crippen LogP contribution in [0.1, 0.15) is 18.9 Å². The number of benzene rings is 1. The number of carbonyl (C=O) groups excluding carboxylic acids is 2. The molecule has 2 unspecified atom stereocenters. The fourth-order valence-electron chi connectivity index (χ4n) is 2.62. The first-order valence-electron chi connectivity index (χ1n) is 7.24. The lowest BCUT2D eigenvalue weighted by molar-refractivity contribution is -0.134. The quantitative estimate of drug-likeness (QED) is 0.901. The van der Waals surface area contributed by atoms with Gasteiger partial charge in [-0.05, 0) is 18.7 Å². The monoisotopic (exact) mass is 306 g/mol. The van der Waals surface area contributed by atoms with Gasteiger partial charge in [0.05, 0.1) is 0 Å². The van der Waals surface area contributed by atoms with E-state index in [0.29, 0.717) is 19.4 Å². The van der Waals surface area contributed by atoms with Crippen LogP contribution in [0.2, 0.25) is 0 Å². The summed E-state index contributed by atoms with van der Waals surface area (Å²) < 4.78 is 0. The Morgan fingerprint density at radius 2 is 2.05 bits per heavy atom. The first kappa shape index (κ1) is 15.9. The molecule has 1 aromatic rings. The number of hydrogen-bond acceptors (Lipinski definition) is 3. The zero-order chi connectivity index (χ0) is 15.2. The highest BCUT2D eigenvalue weighted by Gasteiger charge is 2.32. The number of nitrogens with zero attached hydrogens (tertiary/aromatic N) is 1. The van der Waals surface area contributed by atoms with E-state index in [-0.39, 0.29) is 17.9 Å². The summed E-state index contributed by atoms with van der Waals surface area (Å²) in [6.07, 6.45) is 2.97. The van der Waals surface area contributed by atoms with Crippen LogP contribution in [0.15, 0.2) is 30.3 Å². The van der Waals surface area contributed by atoms with Gasteiger partial charge in [0.2, 0.25) is 11.8 Å². The zero-order valence-corrected chi connectivity index (χ0v) is 13.4. The topological polar surface area (TPSA) is 49.4 Å². The number of amides is 2. The number of rotatable bonds is 5. The Bertz CT molecular complexity index is 492. The lowest BCUT2D eigenvalue weighted by Gasteiger charge is -2.29. The first-order valence-corrected chi connectivity index (χ1v) is 8.64. The SMILES string of the molecule is CSCC(C)N1CCC(=O)NC(Cc2ccccc2)C1=O. The van der Waals surface area contributed by atoms with Crippen molar-refractivity contribution >= 4 is 23.6 Å². The van der Waals surface area contributed by atoms with Crippen molar-refractivity contribution < 1.29 is 9.59 Å². The van der Waals surface area contributed by atoms with Crippen molar-refractivity contribution in [1.82, 2.24) is 10.2 Å². The molecule has 2 atom stereocenters. The summed E-state index contributed by atoms with van der Waals surface area (Å²) in [4.78, 5) is 26.4. The van der Waals surface area contributed by atoms with E-state index >= 15 is 0 Å². The third-order valence-corrected chi connectivity index (χ3v) is 4.53. The second-order valence-electron chi connectivity index (χ2n) is 5.40. The summed E-state index contributed by atoms with van der Waals surface area (Å²) in [6.45, 7) is 2.56. The van der Waals surface area contributed by atoms with Crippen LogP contribution >= 0.6 is 11.8 Å². The van der Waals surface area contributed by atoms with Crippen molar-refractivity contribution in [2.75, 3.05) is 18.6 Å². The number of thioether (sulfide) groups is 1. The Hall–Kier alpha value is -1.49. The highest BCUT2D eigenvalue weighted by Crippen LogP contribution is 2.14. The number of carbonyl (C=O) groups is 2. The summed E-state index contributed by atoms with van der Waals surface area (Å²) in [5.41, 5.74) is 1.07. The highest BCUT2D eigenvalue weighted by molar-refractivity contribution is 7.98. The van der Waals surface area contributed by atoms with E-state index in [1.165, 1.54) is 0 Å². The second-order valence-corrected chi connectivity index (χ2v) is 6.31. The van der Waals surface area contributed by atoms with Gasteiger partial charge in [0, 0.05) is 31.2 Å². The Morgan fingerprint density at radius 3 is 2.71 bits per heavy atom. The normalized spacial score (nSPS) is 20.9. The molecule has 0 spiro atoms. The average molecular weight is 306 g/mol. The molecule has 2 amide bonds. The van der Waals surface area contributed by atoms with Crippen LogP contribution in [-0.4, -0.2) is 47.4 Å². The third kappa shape index (κ3) is 4.24. The molecule has 1 aliphatic heterocycles. The minimum atomic E-state index is -0.452. The van der Waals surface area contributed by atoms with Crippen molar-refractivity contribution in [2.45, 2.75) is 31.8 Å². The van der Waals surface area contributed by atoms with Gasteiger partial charge in [0.25, 0.3) is 0 Å². The molecular formula is C16H22N2O2S. The highest BCUT2D eigenvalue weighted by atomic mass is 32.2. The smallest absolute Gasteiger partial charge is 0.245 e. The molecule has 1 heterocycles. The molecular weight excluding hydrogens is 284 g/mol. The summed E-state index contributed by atoms with van der Waals surface area (Å²) in [5.74, 6) is 0.882. The minimum Gasteiger partial charge on any atom is -0.344 e. The molecule has 2 rings (SSSR count). The van der Waals surface area contributed by atoms with Crippen LogP contribution in [0.3, 0.4) is 0 Å². The van der Waals surface area contributed by atoms with Gasteiger partial charge in [0.15, 0.2) is 0 Å². The average Bonchev–Trinajstić information content (AvgIpc) is 2.60. The minimum absolute atomic E-state index is 0.0336. The zero-order valence-electron chi connectivity index (χ0n) is 12.5. The van der Waals surface area contributed by atoms with Crippen LogP contribution in [0.5, 0.6) is 0 Å². The summed E-state index contributed by atoms with van der Waals surface area (Å²) >= 11 is 1.72. The fourth-order valence-corrected chi connectivity index (χ4v) is 3.28. The fraction of sp³-hybridized carbons (Fsp3) is 0.500. The van der Waals surface area contributed by atoms with E-state index < -0.39 is 6.04 Å². The molecule has 1 fully saturated rings. The van der Waals surface area contributed by atoms with Gasteiger partial charge < -0.3 is 10.2 Å². The molecule has 4 nitrogen and oxygen atoms in total.